The highest BCUT2D eigenvalue weighted by Gasteiger charge is 2.22. The van der Waals surface area contributed by atoms with Crippen LogP contribution in [0, 0.1) is 5.92 Å². The monoisotopic (exact) mass is 247 g/mol. The lowest BCUT2D eigenvalue weighted by Crippen LogP contribution is -2.32. The van der Waals surface area contributed by atoms with Gasteiger partial charge in [0.05, 0.1) is 6.42 Å². The van der Waals surface area contributed by atoms with E-state index in [1.54, 1.807) is 0 Å². The number of nitrogens with two attached hydrogens (primary N) is 1. The van der Waals surface area contributed by atoms with E-state index in [1.807, 2.05) is 18.2 Å². The predicted octanol–water partition coefficient (Wildman–Crippen LogP) is 1.06. The van der Waals surface area contributed by atoms with E-state index in [0.29, 0.717) is 6.42 Å². The van der Waals surface area contributed by atoms with Crippen molar-refractivity contribution in [2.24, 2.45) is 11.8 Å². The molecule has 1 aromatic rings. The van der Waals surface area contributed by atoms with Crippen LogP contribution in [-0.2, 0) is 17.8 Å². The second kappa shape index (κ2) is 5.98. The number of nitrogens with zero attached hydrogens (tertiary/aromatic N) is 1. The van der Waals surface area contributed by atoms with Crippen LogP contribution in [0.3, 0.4) is 0 Å². The Morgan fingerprint density at radius 3 is 2.67 bits per heavy atom. The maximum Gasteiger partial charge on any atom is 0.238 e. The van der Waals surface area contributed by atoms with Gasteiger partial charge in [0, 0.05) is 13.1 Å². The number of hydrogen-bond acceptors (Lipinski definition) is 3. The summed E-state index contributed by atoms with van der Waals surface area (Å²) in [5.41, 5.74) is 4.45. The summed E-state index contributed by atoms with van der Waals surface area (Å²) in [7, 11) is 2.14. The van der Waals surface area contributed by atoms with E-state index in [2.05, 4.69) is 23.4 Å². The molecule has 0 saturated heterocycles. The first-order chi connectivity index (χ1) is 8.69. The van der Waals surface area contributed by atoms with Crippen LogP contribution in [0.4, 0.5) is 0 Å². The molecule has 4 nitrogen and oxygen atoms in total. The molecule has 0 heterocycles. The number of rotatable bonds is 6. The van der Waals surface area contributed by atoms with E-state index in [9.17, 15) is 4.79 Å². The van der Waals surface area contributed by atoms with E-state index in [-0.39, 0.29) is 5.91 Å². The van der Waals surface area contributed by atoms with Gasteiger partial charge in [-0.2, -0.15) is 0 Å². The number of hydrazine groups is 1. The minimum absolute atomic E-state index is 0.146. The molecular formula is C14H21N3O. The van der Waals surface area contributed by atoms with Crippen LogP contribution in [-0.4, -0.2) is 24.4 Å². The van der Waals surface area contributed by atoms with Crippen LogP contribution in [0.25, 0.3) is 0 Å². The molecule has 0 atom stereocenters. The fraction of sp³-hybridized carbons (Fsp3) is 0.500. The van der Waals surface area contributed by atoms with Crippen LogP contribution in [0.15, 0.2) is 24.3 Å². The minimum atomic E-state index is -0.146. The van der Waals surface area contributed by atoms with Crippen molar-refractivity contribution in [2.75, 3.05) is 13.6 Å². The van der Waals surface area contributed by atoms with E-state index in [0.717, 1.165) is 24.6 Å². The fourth-order valence-corrected chi connectivity index (χ4v) is 2.20. The average molecular weight is 247 g/mol. The lowest BCUT2D eigenvalue weighted by Gasteiger charge is -2.18. The molecule has 0 unspecified atom stereocenters. The van der Waals surface area contributed by atoms with E-state index in [4.69, 9.17) is 5.84 Å². The second-order valence-corrected chi connectivity index (χ2v) is 5.15. The smallest absolute Gasteiger partial charge is 0.238 e. The fourth-order valence-electron chi connectivity index (χ4n) is 2.20. The number of carbonyl (C=O) groups is 1. The Hall–Kier alpha value is -1.39. The van der Waals surface area contributed by atoms with E-state index in [1.165, 1.54) is 18.4 Å². The third kappa shape index (κ3) is 3.82. The zero-order chi connectivity index (χ0) is 13.0. The van der Waals surface area contributed by atoms with E-state index < -0.39 is 0 Å². The third-order valence-electron chi connectivity index (χ3n) is 3.34. The summed E-state index contributed by atoms with van der Waals surface area (Å²) in [5.74, 6) is 5.87. The van der Waals surface area contributed by atoms with Crippen molar-refractivity contribution >= 4 is 5.91 Å². The summed E-state index contributed by atoms with van der Waals surface area (Å²) in [6, 6.07) is 8.06. The molecule has 98 valence electrons. The predicted molar refractivity (Wildman–Crippen MR) is 71.5 cm³/mol. The SMILES string of the molecule is CN(Cc1ccccc1CC(=O)NN)CC1CC1. The van der Waals surface area contributed by atoms with Gasteiger partial charge in [-0.15, -0.1) is 0 Å². The molecule has 4 heteroatoms. The molecule has 0 aromatic heterocycles. The molecule has 1 amide bonds. The summed E-state index contributed by atoms with van der Waals surface area (Å²) in [6.07, 6.45) is 3.08. The molecule has 3 N–H and O–H groups in total. The molecule has 1 aromatic carbocycles. The Morgan fingerprint density at radius 2 is 2.06 bits per heavy atom. The molecule has 18 heavy (non-hydrogen) atoms. The van der Waals surface area contributed by atoms with Crippen molar-refractivity contribution in [3.8, 4) is 0 Å². The Morgan fingerprint density at radius 1 is 1.39 bits per heavy atom. The van der Waals surface area contributed by atoms with Gasteiger partial charge in [0.1, 0.15) is 0 Å². The number of hydrogen-bond donors (Lipinski definition) is 2. The largest absolute Gasteiger partial charge is 0.302 e. The van der Waals surface area contributed by atoms with Gasteiger partial charge in [-0.3, -0.25) is 10.2 Å². The first-order valence-electron chi connectivity index (χ1n) is 6.44. The zero-order valence-electron chi connectivity index (χ0n) is 10.9. The molecule has 1 aliphatic rings. The normalized spacial score (nSPS) is 14.8. The lowest BCUT2D eigenvalue weighted by molar-refractivity contribution is -0.120. The first-order valence-corrected chi connectivity index (χ1v) is 6.44. The maximum absolute atomic E-state index is 11.4. The van der Waals surface area contributed by atoms with Crippen LogP contribution >= 0.6 is 0 Å². The highest BCUT2D eigenvalue weighted by atomic mass is 16.2. The van der Waals surface area contributed by atoms with Crippen LogP contribution in [0.1, 0.15) is 24.0 Å². The molecule has 1 aliphatic carbocycles. The van der Waals surface area contributed by atoms with Crippen molar-refractivity contribution in [3.63, 3.8) is 0 Å². The number of benzene rings is 1. The van der Waals surface area contributed by atoms with Crippen molar-refractivity contribution in [2.45, 2.75) is 25.8 Å². The Labute approximate surface area is 108 Å². The van der Waals surface area contributed by atoms with Gasteiger partial charge in [-0.1, -0.05) is 24.3 Å². The summed E-state index contributed by atoms with van der Waals surface area (Å²) in [4.78, 5) is 13.7. The Bertz CT molecular complexity index is 415. The molecular weight excluding hydrogens is 226 g/mol. The first kappa shape index (κ1) is 13.1. The highest BCUT2D eigenvalue weighted by molar-refractivity contribution is 5.78. The van der Waals surface area contributed by atoms with Gasteiger partial charge < -0.3 is 4.90 Å². The third-order valence-corrected chi connectivity index (χ3v) is 3.34. The van der Waals surface area contributed by atoms with Gasteiger partial charge >= 0.3 is 0 Å². The zero-order valence-corrected chi connectivity index (χ0v) is 10.9. The van der Waals surface area contributed by atoms with Crippen molar-refractivity contribution in [1.82, 2.24) is 10.3 Å². The molecule has 0 spiro atoms. The quantitative estimate of drug-likeness (QED) is 0.449. The van der Waals surface area contributed by atoms with Crippen molar-refractivity contribution < 1.29 is 4.79 Å². The molecule has 0 bridgehead atoms. The molecule has 1 saturated carbocycles. The van der Waals surface area contributed by atoms with E-state index >= 15 is 0 Å². The summed E-state index contributed by atoms with van der Waals surface area (Å²) >= 11 is 0. The lowest BCUT2D eigenvalue weighted by atomic mass is 10.0. The van der Waals surface area contributed by atoms with Crippen LogP contribution in [0.2, 0.25) is 0 Å². The molecule has 0 radical (unpaired) electrons. The van der Waals surface area contributed by atoms with Crippen LogP contribution < -0.4 is 11.3 Å². The molecule has 1 fully saturated rings. The average Bonchev–Trinajstić information content (AvgIpc) is 3.15. The van der Waals surface area contributed by atoms with Crippen molar-refractivity contribution in [3.05, 3.63) is 35.4 Å². The summed E-state index contributed by atoms with van der Waals surface area (Å²) < 4.78 is 0. The maximum atomic E-state index is 11.4. The number of carbonyl (C=O) groups excluding carboxylic acids is 1. The van der Waals surface area contributed by atoms with Gasteiger partial charge in [0.25, 0.3) is 0 Å². The van der Waals surface area contributed by atoms with Gasteiger partial charge in [-0.25, -0.2) is 5.84 Å². The standard InChI is InChI=1S/C14H21N3O/c1-17(9-11-6-7-11)10-13-5-3-2-4-12(13)8-14(18)16-15/h2-5,11H,6-10,15H2,1H3,(H,16,18). The van der Waals surface area contributed by atoms with Gasteiger partial charge in [0.15, 0.2) is 0 Å². The second-order valence-electron chi connectivity index (χ2n) is 5.15. The molecule has 2 rings (SSSR count). The minimum Gasteiger partial charge on any atom is -0.302 e. The number of nitrogens with one attached hydrogen (secondary N) is 1. The van der Waals surface area contributed by atoms with Crippen molar-refractivity contribution in [1.29, 1.82) is 0 Å². The van der Waals surface area contributed by atoms with Gasteiger partial charge in [-0.05, 0) is 36.9 Å². The Balaban J connectivity index is 1.99. The topological polar surface area (TPSA) is 58.4 Å². The highest BCUT2D eigenvalue weighted by Crippen LogP contribution is 2.29. The summed E-state index contributed by atoms with van der Waals surface area (Å²) in [5, 5.41) is 0. The molecule has 0 aliphatic heterocycles. The Kier molecular flexibility index (Phi) is 4.33. The summed E-state index contributed by atoms with van der Waals surface area (Å²) in [6.45, 7) is 2.04. The van der Waals surface area contributed by atoms with Crippen LogP contribution in [0.5, 0.6) is 0 Å². The van der Waals surface area contributed by atoms with Gasteiger partial charge in [0.2, 0.25) is 5.91 Å². The number of amides is 1.